The Kier molecular flexibility index (Phi) is 6.92. The normalized spacial score (nSPS) is 9.78. The smallest absolute Gasteiger partial charge is 0.234 e. The van der Waals surface area contributed by atoms with Crippen molar-refractivity contribution in [3.05, 3.63) is 29.8 Å². The molecule has 4 nitrogen and oxygen atoms in total. The number of carbonyl (C=O) groups is 1. The molecule has 0 saturated carbocycles. The maximum Gasteiger partial charge on any atom is 0.234 e. The van der Waals surface area contributed by atoms with E-state index in [9.17, 15) is 4.79 Å². The highest BCUT2D eigenvalue weighted by Gasteiger charge is 2.02. The molecule has 18 heavy (non-hydrogen) atoms. The number of hydrogen-bond donors (Lipinski definition) is 2. The number of nitriles is 1. The first-order valence-corrected chi connectivity index (χ1v) is 6.95. The lowest BCUT2D eigenvalue weighted by atomic mass is 10.1. The number of thioether (sulfide) groups is 1. The van der Waals surface area contributed by atoms with E-state index in [-0.39, 0.29) is 5.91 Å². The molecule has 0 bridgehead atoms. The van der Waals surface area contributed by atoms with Crippen molar-refractivity contribution < 1.29 is 4.79 Å². The summed E-state index contributed by atoms with van der Waals surface area (Å²) in [5, 5.41) is 11.4. The second-order valence-electron chi connectivity index (χ2n) is 3.77. The van der Waals surface area contributed by atoms with E-state index < -0.39 is 0 Å². The van der Waals surface area contributed by atoms with Gasteiger partial charge in [0.05, 0.1) is 18.2 Å². The van der Waals surface area contributed by atoms with Crippen molar-refractivity contribution in [1.29, 1.82) is 5.26 Å². The highest BCUT2D eigenvalue weighted by atomic mass is 32.2. The van der Waals surface area contributed by atoms with Crippen LogP contribution in [0.1, 0.15) is 12.0 Å². The van der Waals surface area contributed by atoms with E-state index in [0.29, 0.717) is 18.7 Å². The lowest BCUT2D eigenvalue weighted by Crippen LogP contribution is -2.14. The van der Waals surface area contributed by atoms with Crippen LogP contribution in [0.4, 0.5) is 5.69 Å². The van der Waals surface area contributed by atoms with Gasteiger partial charge in [-0.25, -0.2) is 0 Å². The summed E-state index contributed by atoms with van der Waals surface area (Å²) < 4.78 is 0. The third-order valence-corrected chi connectivity index (χ3v) is 3.29. The molecule has 1 aromatic carbocycles. The van der Waals surface area contributed by atoms with Crippen molar-refractivity contribution in [1.82, 2.24) is 0 Å². The van der Waals surface area contributed by atoms with Crippen LogP contribution >= 0.6 is 11.8 Å². The van der Waals surface area contributed by atoms with Gasteiger partial charge in [-0.1, -0.05) is 12.1 Å². The van der Waals surface area contributed by atoms with Gasteiger partial charge >= 0.3 is 0 Å². The maximum atomic E-state index is 11.6. The molecule has 0 saturated heterocycles. The molecule has 0 spiro atoms. The number of nitrogens with two attached hydrogens (primary N) is 1. The number of hydrogen-bond acceptors (Lipinski definition) is 4. The summed E-state index contributed by atoms with van der Waals surface area (Å²) in [5.41, 5.74) is 7.09. The number of nitrogens with zero attached hydrogens (tertiary/aromatic N) is 1. The van der Waals surface area contributed by atoms with Crippen LogP contribution in [0.5, 0.6) is 0 Å². The summed E-state index contributed by atoms with van der Waals surface area (Å²) >= 11 is 1.58. The van der Waals surface area contributed by atoms with Gasteiger partial charge in [0, 0.05) is 5.69 Å². The number of nitrogens with one attached hydrogen (secondary N) is 1. The largest absolute Gasteiger partial charge is 0.330 e. The zero-order valence-corrected chi connectivity index (χ0v) is 11.0. The highest BCUT2D eigenvalue weighted by molar-refractivity contribution is 7.99. The molecular weight excluding hydrogens is 246 g/mol. The standard InChI is InChI=1S/C13H17N3OS/c14-7-1-9-18-10-13(17)16-12-4-2-11(3-5-12)6-8-15/h2-5H,1,6-7,9-10,14H2,(H,16,17). The molecule has 0 radical (unpaired) electrons. The predicted molar refractivity (Wildman–Crippen MR) is 75.4 cm³/mol. The van der Waals surface area contributed by atoms with E-state index in [0.717, 1.165) is 23.4 Å². The van der Waals surface area contributed by atoms with Crippen LogP contribution in [0.3, 0.4) is 0 Å². The predicted octanol–water partition coefficient (Wildman–Crippen LogP) is 1.77. The first-order valence-electron chi connectivity index (χ1n) is 5.80. The molecule has 0 atom stereocenters. The Morgan fingerprint density at radius 1 is 1.39 bits per heavy atom. The van der Waals surface area contributed by atoms with E-state index in [1.807, 2.05) is 24.3 Å². The van der Waals surface area contributed by atoms with E-state index >= 15 is 0 Å². The molecule has 1 aromatic rings. The summed E-state index contributed by atoms with van der Waals surface area (Å²) in [4.78, 5) is 11.6. The zero-order chi connectivity index (χ0) is 13.2. The Morgan fingerprint density at radius 2 is 2.11 bits per heavy atom. The van der Waals surface area contributed by atoms with Crippen LogP contribution < -0.4 is 11.1 Å². The second-order valence-corrected chi connectivity index (χ2v) is 4.88. The van der Waals surface area contributed by atoms with Gasteiger partial charge in [0.1, 0.15) is 0 Å². The molecule has 1 rings (SSSR count). The average Bonchev–Trinajstić information content (AvgIpc) is 2.37. The lowest BCUT2D eigenvalue weighted by molar-refractivity contribution is -0.113. The second kappa shape index (κ2) is 8.56. The number of anilines is 1. The van der Waals surface area contributed by atoms with Crippen LogP contribution in [-0.2, 0) is 11.2 Å². The Hall–Kier alpha value is -1.51. The molecule has 0 heterocycles. The highest BCUT2D eigenvalue weighted by Crippen LogP contribution is 2.11. The van der Waals surface area contributed by atoms with Crippen molar-refractivity contribution in [3.63, 3.8) is 0 Å². The molecule has 0 aliphatic carbocycles. The average molecular weight is 263 g/mol. The van der Waals surface area contributed by atoms with Gasteiger partial charge < -0.3 is 11.1 Å². The summed E-state index contributed by atoms with van der Waals surface area (Å²) in [6, 6.07) is 9.41. The van der Waals surface area contributed by atoms with Gasteiger partial charge in [-0.05, 0) is 36.4 Å². The minimum atomic E-state index is -0.00921. The van der Waals surface area contributed by atoms with Crippen molar-refractivity contribution in [2.75, 3.05) is 23.4 Å². The molecular formula is C13H17N3OS. The minimum absolute atomic E-state index is 0.00921. The van der Waals surface area contributed by atoms with E-state index in [1.54, 1.807) is 11.8 Å². The Balaban J connectivity index is 2.33. The Labute approximate surface area is 112 Å². The van der Waals surface area contributed by atoms with E-state index in [1.165, 1.54) is 0 Å². The van der Waals surface area contributed by atoms with Gasteiger partial charge in [-0.3, -0.25) is 4.79 Å². The fourth-order valence-electron chi connectivity index (χ4n) is 1.34. The maximum absolute atomic E-state index is 11.6. The van der Waals surface area contributed by atoms with Crippen molar-refractivity contribution >= 4 is 23.4 Å². The number of carbonyl (C=O) groups excluding carboxylic acids is 1. The van der Waals surface area contributed by atoms with E-state index in [2.05, 4.69) is 11.4 Å². The first kappa shape index (κ1) is 14.6. The fraction of sp³-hybridized carbons (Fsp3) is 0.385. The minimum Gasteiger partial charge on any atom is -0.330 e. The third-order valence-electron chi connectivity index (χ3n) is 2.25. The molecule has 0 aliphatic heterocycles. The summed E-state index contributed by atoms with van der Waals surface area (Å²) in [6.07, 6.45) is 1.32. The van der Waals surface area contributed by atoms with Crippen molar-refractivity contribution in [2.45, 2.75) is 12.8 Å². The number of amides is 1. The SMILES string of the molecule is N#CCc1ccc(NC(=O)CSCCCN)cc1. The zero-order valence-electron chi connectivity index (χ0n) is 10.2. The third kappa shape index (κ3) is 5.71. The molecule has 5 heteroatoms. The quantitative estimate of drug-likeness (QED) is 0.735. The van der Waals surface area contributed by atoms with Crippen LogP contribution in [0.2, 0.25) is 0 Å². The molecule has 1 amide bonds. The Morgan fingerprint density at radius 3 is 2.72 bits per heavy atom. The van der Waals surface area contributed by atoms with Crippen LogP contribution in [0.15, 0.2) is 24.3 Å². The van der Waals surface area contributed by atoms with Gasteiger partial charge in [0.2, 0.25) is 5.91 Å². The van der Waals surface area contributed by atoms with Crippen molar-refractivity contribution in [3.8, 4) is 6.07 Å². The summed E-state index contributed by atoms with van der Waals surface area (Å²) in [5.74, 6) is 1.34. The van der Waals surface area contributed by atoms with Crippen LogP contribution in [0.25, 0.3) is 0 Å². The molecule has 96 valence electrons. The molecule has 0 aliphatic rings. The topological polar surface area (TPSA) is 78.9 Å². The Bertz CT molecular complexity index is 411. The lowest BCUT2D eigenvalue weighted by Gasteiger charge is -2.05. The van der Waals surface area contributed by atoms with Crippen molar-refractivity contribution in [2.24, 2.45) is 5.73 Å². The van der Waals surface area contributed by atoms with Gasteiger partial charge in [0.25, 0.3) is 0 Å². The van der Waals surface area contributed by atoms with Crippen LogP contribution in [0, 0.1) is 11.3 Å². The monoisotopic (exact) mass is 263 g/mol. The molecule has 0 fully saturated rings. The number of rotatable bonds is 7. The van der Waals surface area contributed by atoms with E-state index in [4.69, 9.17) is 11.0 Å². The van der Waals surface area contributed by atoms with Gasteiger partial charge in [0.15, 0.2) is 0 Å². The fourth-order valence-corrected chi connectivity index (χ4v) is 2.12. The van der Waals surface area contributed by atoms with Gasteiger partial charge in [-0.2, -0.15) is 17.0 Å². The molecule has 3 N–H and O–H groups in total. The summed E-state index contributed by atoms with van der Waals surface area (Å²) in [7, 11) is 0. The molecule has 0 aromatic heterocycles. The van der Waals surface area contributed by atoms with Crippen LogP contribution in [-0.4, -0.2) is 24.0 Å². The molecule has 0 unspecified atom stereocenters. The first-order chi connectivity index (χ1) is 8.76. The van der Waals surface area contributed by atoms with Gasteiger partial charge in [-0.15, -0.1) is 0 Å². The summed E-state index contributed by atoms with van der Waals surface area (Å²) in [6.45, 7) is 0.662. The number of benzene rings is 1.